The van der Waals surface area contributed by atoms with E-state index in [9.17, 15) is 4.79 Å². The third-order valence-electron chi connectivity index (χ3n) is 3.48. The molecular weight excluding hydrogens is 206 g/mol. The minimum absolute atomic E-state index is 0.0265. The van der Waals surface area contributed by atoms with Gasteiger partial charge in [0.25, 0.3) is 5.56 Å². The summed E-state index contributed by atoms with van der Waals surface area (Å²) in [5.41, 5.74) is -0.155. The second-order valence-corrected chi connectivity index (χ2v) is 4.75. The molecule has 1 aromatic heterocycles. The molecule has 2 atom stereocenters. The summed E-state index contributed by atoms with van der Waals surface area (Å²) >= 11 is 0. The molecule has 0 bridgehead atoms. The van der Waals surface area contributed by atoms with Crippen LogP contribution in [-0.4, -0.2) is 29.2 Å². The van der Waals surface area contributed by atoms with Crippen molar-refractivity contribution in [3.8, 4) is 0 Å². The Morgan fingerprint density at radius 1 is 1.62 bits per heavy atom. The minimum Gasteiger partial charge on any atom is -0.381 e. The highest BCUT2D eigenvalue weighted by atomic mass is 16.5. The number of anilines is 1. The Hall–Kier alpha value is -1.36. The first-order valence-corrected chi connectivity index (χ1v) is 5.38. The van der Waals surface area contributed by atoms with Gasteiger partial charge in [0, 0.05) is 31.0 Å². The summed E-state index contributed by atoms with van der Waals surface area (Å²) in [5.74, 6) is 0.384. The smallest absolute Gasteiger partial charge is 0.290 e. The van der Waals surface area contributed by atoms with Crippen molar-refractivity contribution in [2.45, 2.75) is 32.4 Å². The Morgan fingerprint density at radius 3 is 2.94 bits per heavy atom. The van der Waals surface area contributed by atoms with Crippen LogP contribution in [0.4, 0.5) is 5.82 Å². The molecule has 1 aromatic rings. The van der Waals surface area contributed by atoms with Crippen molar-refractivity contribution in [2.24, 2.45) is 5.41 Å². The average Bonchev–Trinajstić information content (AvgIpc) is 2.26. The van der Waals surface area contributed by atoms with E-state index in [0.717, 1.165) is 6.42 Å². The van der Waals surface area contributed by atoms with Gasteiger partial charge in [-0.3, -0.25) is 4.79 Å². The van der Waals surface area contributed by atoms with Gasteiger partial charge in [0.05, 0.1) is 6.10 Å². The van der Waals surface area contributed by atoms with Crippen molar-refractivity contribution in [3.05, 3.63) is 22.7 Å². The first-order chi connectivity index (χ1) is 7.55. The van der Waals surface area contributed by atoms with E-state index < -0.39 is 0 Å². The number of nitrogens with zero attached hydrogens (tertiary/aromatic N) is 1. The Morgan fingerprint density at radius 2 is 2.38 bits per heavy atom. The van der Waals surface area contributed by atoms with E-state index in [1.54, 1.807) is 13.3 Å². The molecular formula is C11H17N3O2. The lowest BCUT2D eigenvalue weighted by atomic mass is 9.64. The van der Waals surface area contributed by atoms with E-state index in [4.69, 9.17) is 4.74 Å². The third kappa shape index (κ3) is 1.71. The lowest BCUT2D eigenvalue weighted by Crippen LogP contribution is -2.58. The SMILES string of the molecule is COC1CC(Nc2ncc[nH]c2=O)C1(C)C. The van der Waals surface area contributed by atoms with Crippen LogP contribution in [0.5, 0.6) is 0 Å². The summed E-state index contributed by atoms with van der Waals surface area (Å²) in [6.45, 7) is 4.25. The number of hydrogen-bond acceptors (Lipinski definition) is 4. The predicted molar refractivity (Wildman–Crippen MR) is 61.5 cm³/mol. The summed E-state index contributed by atoms with van der Waals surface area (Å²) in [6.07, 6.45) is 4.24. The fraction of sp³-hybridized carbons (Fsp3) is 0.636. The molecule has 88 valence electrons. The Labute approximate surface area is 94.2 Å². The van der Waals surface area contributed by atoms with E-state index in [0.29, 0.717) is 5.82 Å². The monoisotopic (exact) mass is 223 g/mol. The molecule has 1 aliphatic carbocycles. The zero-order chi connectivity index (χ0) is 11.8. The molecule has 1 aliphatic rings. The maximum atomic E-state index is 11.4. The standard InChI is InChI=1S/C11H17N3O2/c1-11(2)7(6-8(11)16-3)14-9-10(15)13-5-4-12-9/h4-5,7-8H,6H2,1-3H3,(H,12,14)(H,13,15). The Kier molecular flexibility index (Phi) is 2.71. The Bertz CT molecular complexity index is 427. The predicted octanol–water partition coefficient (Wildman–Crippen LogP) is 0.995. The highest BCUT2D eigenvalue weighted by Gasteiger charge is 2.48. The first-order valence-electron chi connectivity index (χ1n) is 5.38. The number of H-pyrrole nitrogens is 1. The number of nitrogens with one attached hydrogen (secondary N) is 2. The van der Waals surface area contributed by atoms with Crippen LogP contribution >= 0.6 is 0 Å². The van der Waals surface area contributed by atoms with Crippen LogP contribution in [0.3, 0.4) is 0 Å². The molecule has 0 saturated heterocycles. The largest absolute Gasteiger partial charge is 0.381 e. The van der Waals surface area contributed by atoms with Gasteiger partial charge in [0.2, 0.25) is 0 Å². The van der Waals surface area contributed by atoms with Crippen LogP contribution < -0.4 is 10.9 Å². The molecule has 0 aromatic carbocycles. The van der Waals surface area contributed by atoms with Gasteiger partial charge >= 0.3 is 0 Å². The van der Waals surface area contributed by atoms with Crippen molar-refractivity contribution < 1.29 is 4.74 Å². The lowest BCUT2D eigenvalue weighted by molar-refractivity contribution is -0.0795. The zero-order valence-electron chi connectivity index (χ0n) is 9.78. The van der Waals surface area contributed by atoms with E-state index >= 15 is 0 Å². The summed E-state index contributed by atoms with van der Waals surface area (Å²) in [6, 6.07) is 0.230. The van der Waals surface area contributed by atoms with Crippen molar-refractivity contribution in [1.29, 1.82) is 0 Å². The molecule has 5 nitrogen and oxygen atoms in total. The Balaban J connectivity index is 2.08. The fourth-order valence-corrected chi connectivity index (χ4v) is 2.15. The second kappa shape index (κ2) is 3.90. The molecule has 5 heteroatoms. The van der Waals surface area contributed by atoms with Crippen LogP contribution in [0.2, 0.25) is 0 Å². The lowest BCUT2D eigenvalue weighted by Gasteiger charge is -2.51. The fourth-order valence-electron chi connectivity index (χ4n) is 2.15. The van der Waals surface area contributed by atoms with Gasteiger partial charge in [-0.2, -0.15) is 0 Å². The maximum absolute atomic E-state index is 11.4. The normalized spacial score (nSPS) is 27.2. The van der Waals surface area contributed by atoms with Crippen molar-refractivity contribution in [1.82, 2.24) is 9.97 Å². The number of ether oxygens (including phenoxy) is 1. The summed E-state index contributed by atoms with van der Waals surface area (Å²) in [4.78, 5) is 18.1. The third-order valence-corrected chi connectivity index (χ3v) is 3.48. The average molecular weight is 223 g/mol. The van der Waals surface area contributed by atoms with Gasteiger partial charge in [-0.1, -0.05) is 13.8 Å². The first kappa shape index (κ1) is 11.1. The summed E-state index contributed by atoms with van der Waals surface area (Å²) in [5, 5.41) is 3.17. The number of methoxy groups -OCH3 is 1. The van der Waals surface area contributed by atoms with Gasteiger partial charge in [0.15, 0.2) is 5.82 Å². The topological polar surface area (TPSA) is 67.0 Å². The van der Waals surface area contributed by atoms with E-state index in [1.807, 2.05) is 0 Å². The number of aromatic nitrogens is 2. The molecule has 0 aliphatic heterocycles. The molecule has 1 saturated carbocycles. The summed E-state index contributed by atoms with van der Waals surface area (Å²) < 4.78 is 5.35. The minimum atomic E-state index is -0.181. The van der Waals surface area contributed by atoms with Crippen LogP contribution in [-0.2, 0) is 4.74 Å². The van der Waals surface area contributed by atoms with E-state index in [1.165, 1.54) is 6.20 Å². The molecule has 1 heterocycles. The van der Waals surface area contributed by atoms with Crippen molar-refractivity contribution in [2.75, 3.05) is 12.4 Å². The number of hydrogen-bond donors (Lipinski definition) is 2. The van der Waals surface area contributed by atoms with Crippen LogP contribution in [0.15, 0.2) is 17.2 Å². The van der Waals surface area contributed by atoms with Crippen molar-refractivity contribution in [3.63, 3.8) is 0 Å². The van der Waals surface area contributed by atoms with Gasteiger partial charge in [-0.25, -0.2) is 4.98 Å². The van der Waals surface area contributed by atoms with E-state index in [2.05, 4.69) is 29.1 Å². The van der Waals surface area contributed by atoms with Gasteiger partial charge < -0.3 is 15.0 Å². The summed E-state index contributed by atoms with van der Waals surface area (Å²) in [7, 11) is 1.72. The van der Waals surface area contributed by atoms with Crippen LogP contribution in [0, 0.1) is 5.41 Å². The second-order valence-electron chi connectivity index (χ2n) is 4.75. The molecule has 2 N–H and O–H groups in total. The van der Waals surface area contributed by atoms with Gasteiger partial charge in [-0.15, -0.1) is 0 Å². The molecule has 1 fully saturated rings. The molecule has 0 amide bonds. The van der Waals surface area contributed by atoms with Crippen LogP contribution in [0.1, 0.15) is 20.3 Å². The van der Waals surface area contributed by atoms with Crippen LogP contribution in [0.25, 0.3) is 0 Å². The molecule has 2 rings (SSSR count). The van der Waals surface area contributed by atoms with E-state index in [-0.39, 0.29) is 23.1 Å². The molecule has 0 spiro atoms. The number of rotatable bonds is 3. The zero-order valence-corrected chi connectivity index (χ0v) is 9.78. The highest BCUT2D eigenvalue weighted by Crippen LogP contribution is 2.43. The molecule has 0 radical (unpaired) electrons. The van der Waals surface area contributed by atoms with Crippen molar-refractivity contribution >= 4 is 5.82 Å². The maximum Gasteiger partial charge on any atom is 0.290 e. The molecule has 16 heavy (non-hydrogen) atoms. The number of aromatic amines is 1. The highest BCUT2D eigenvalue weighted by molar-refractivity contribution is 5.34. The molecule has 2 unspecified atom stereocenters. The van der Waals surface area contributed by atoms with Gasteiger partial charge in [-0.05, 0) is 6.42 Å². The van der Waals surface area contributed by atoms with Gasteiger partial charge in [0.1, 0.15) is 0 Å². The quantitative estimate of drug-likeness (QED) is 0.802.